The molecule has 3 aromatic rings. The van der Waals surface area contributed by atoms with Crippen molar-refractivity contribution in [2.24, 2.45) is 0 Å². The van der Waals surface area contributed by atoms with E-state index in [4.69, 9.17) is 0 Å². The Hall–Kier alpha value is -3.11. The highest BCUT2D eigenvalue weighted by Gasteiger charge is 2.19. The van der Waals surface area contributed by atoms with Crippen molar-refractivity contribution in [2.45, 2.75) is 26.0 Å². The minimum Gasteiger partial charge on any atom is -0.369 e. The second kappa shape index (κ2) is 7.25. The summed E-state index contributed by atoms with van der Waals surface area (Å²) >= 11 is 0. The summed E-state index contributed by atoms with van der Waals surface area (Å²) < 4.78 is 0. The SMILES string of the molecule is CC1=C(Nc2cccc(C(O)Nc3cccc4ccccc34)c2)CCC1=O. The molecule has 136 valence electrons. The third-order valence-corrected chi connectivity index (χ3v) is 5.05. The molecule has 1 aliphatic rings. The number of hydrogen-bond acceptors (Lipinski definition) is 4. The van der Waals surface area contributed by atoms with E-state index >= 15 is 0 Å². The van der Waals surface area contributed by atoms with Crippen molar-refractivity contribution in [3.05, 3.63) is 83.6 Å². The van der Waals surface area contributed by atoms with E-state index in [9.17, 15) is 9.90 Å². The van der Waals surface area contributed by atoms with E-state index in [1.165, 1.54) is 0 Å². The Morgan fingerprint density at radius 3 is 2.56 bits per heavy atom. The lowest BCUT2D eigenvalue weighted by atomic mass is 10.1. The third-order valence-electron chi connectivity index (χ3n) is 5.05. The summed E-state index contributed by atoms with van der Waals surface area (Å²) in [5.41, 5.74) is 4.29. The van der Waals surface area contributed by atoms with Gasteiger partial charge in [0.05, 0.1) is 0 Å². The zero-order valence-corrected chi connectivity index (χ0v) is 15.2. The van der Waals surface area contributed by atoms with Crippen molar-refractivity contribution in [3.63, 3.8) is 0 Å². The van der Waals surface area contributed by atoms with Gasteiger partial charge in [-0.15, -0.1) is 0 Å². The number of aliphatic hydroxyl groups is 1. The number of anilines is 2. The van der Waals surface area contributed by atoms with E-state index < -0.39 is 6.23 Å². The zero-order valence-electron chi connectivity index (χ0n) is 15.2. The lowest BCUT2D eigenvalue weighted by molar-refractivity contribution is -0.114. The standard InChI is InChI=1S/C23H22N2O2/c1-15-20(12-13-22(15)26)24-18-9-4-8-17(14-18)23(27)25-21-11-5-7-16-6-2-3-10-19(16)21/h2-11,14,23-25,27H,12-13H2,1H3. The number of carbonyl (C=O) groups excluding carboxylic acids is 1. The molecule has 0 aliphatic heterocycles. The number of aliphatic hydroxyl groups excluding tert-OH is 1. The minimum atomic E-state index is -0.835. The summed E-state index contributed by atoms with van der Waals surface area (Å²) in [5.74, 6) is 0.200. The van der Waals surface area contributed by atoms with Crippen molar-refractivity contribution in [1.29, 1.82) is 0 Å². The Kier molecular flexibility index (Phi) is 4.65. The van der Waals surface area contributed by atoms with E-state index in [0.29, 0.717) is 6.42 Å². The van der Waals surface area contributed by atoms with Gasteiger partial charge in [0, 0.05) is 40.0 Å². The van der Waals surface area contributed by atoms with Crippen molar-refractivity contribution in [2.75, 3.05) is 10.6 Å². The third kappa shape index (κ3) is 3.57. The van der Waals surface area contributed by atoms with Crippen LogP contribution in [0.2, 0.25) is 0 Å². The van der Waals surface area contributed by atoms with Gasteiger partial charge in [0.2, 0.25) is 0 Å². The monoisotopic (exact) mass is 358 g/mol. The van der Waals surface area contributed by atoms with Crippen LogP contribution in [0.4, 0.5) is 11.4 Å². The summed E-state index contributed by atoms with van der Waals surface area (Å²) in [4.78, 5) is 11.7. The van der Waals surface area contributed by atoms with Gasteiger partial charge in [0.25, 0.3) is 0 Å². The number of Topliss-reactive ketones (excluding diaryl/α,β-unsaturated/α-hetero) is 1. The average molecular weight is 358 g/mol. The number of fused-ring (bicyclic) bond motifs is 1. The van der Waals surface area contributed by atoms with Gasteiger partial charge in [0.15, 0.2) is 12.0 Å². The molecule has 3 aromatic carbocycles. The average Bonchev–Trinajstić information content (AvgIpc) is 3.00. The lowest BCUT2D eigenvalue weighted by Gasteiger charge is -2.18. The molecule has 0 spiro atoms. The van der Waals surface area contributed by atoms with Crippen molar-refractivity contribution < 1.29 is 9.90 Å². The highest BCUT2D eigenvalue weighted by Crippen LogP contribution is 2.28. The van der Waals surface area contributed by atoms with Gasteiger partial charge < -0.3 is 15.7 Å². The van der Waals surface area contributed by atoms with Crippen molar-refractivity contribution in [1.82, 2.24) is 0 Å². The van der Waals surface area contributed by atoms with E-state index in [0.717, 1.165) is 45.4 Å². The van der Waals surface area contributed by atoms with E-state index in [1.54, 1.807) is 0 Å². The molecule has 4 rings (SSSR count). The second-order valence-electron chi connectivity index (χ2n) is 6.85. The van der Waals surface area contributed by atoms with E-state index in [2.05, 4.69) is 22.8 Å². The first-order valence-electron chi connectivity index (χ1n) is 9.14. The number of rotatable bonds is 5. The fourth-order valence-corrected chi connectivity index (χ4v) is 3.48. The van der Waals surface area contributed by atoms with Crippen molar-refractivity contribution >= 4 is 27.9 Å². The lowest BCUT2D eigenvalue weighted by Crippen LogP contribution is -2.10. The fourth-order valence-electron chi connectivity index (χ4n) is 3.48. The molecule has 1 unspecified atom stereocenters. The topological polar surface area (TPSA) is 61.4 Å². The Labute approximate surface area is 158 Å². The number of carbonyl (C=O) groups is 1. The van der Waals surface area contributed by atoms with Gasteiger partial charge in [-0.3, -0.25) is 4.79 Å². The molecular formula is C23H22N2O2. The molecule has 27 heavy (non-hydrogen) atoms. The zero-order chi connectivity index (χ0) is 18.8. The maximum Gasteiger partial charge on any atom is 0.160 e. The molecule has 1 atom stereocenters. The molecule has 0 saturated carbocycles. The molecule has 0 aromatic heterocycles. The second-order valence-corrected chi connectivity index (χ2v) is 6.85. The summed E-state index contributed by atoms with van der Waals surface area (Å²) in [6.45, 7) is 1.86. The van der Waals surface area contributed by atoms with Gasteiger partial charge in [-0.1, -0.05) is 48.5 Å². The highest BCUT2D eigenvalue weighted by molar-refractivity contribution is 5.98. The normalized spacial score (nSPS) is 15.3. The maximum atomic E-state index is 11.7. The molecule has 0 heterocycles. The van der Waals surface area contributed by atoms with Crippen LogP contribution >= 0.6 is 0 Å². The van der Waals surface area contributed by atoms with Crippen LogP contribution in [-0.4, -0.2) is 10.9 Å². The van der Waals surface area contributed by atoms with Gasteiger partial charge >= 0.3 is 0 Å². The molecule has 0 bridgehead atoms. The fraction of sp³-hybridized carbons (Fsp3) is 0.174. The molecule has 1 aliphatic carbocycles. The Balaban J connectivity index is 1.56. The van der Waals surface area contributed by atoms with Gasteiger partial charge in [-0.2, -0.15) is 0 Å². The molecule has 0 amide bonds. The quantitative estimate of drug-likeness (QED) is 0.562. The summed E-state index contributed by atoms with van der Waals surface area (Å²) in [6, 6.07) is 21.7. The Morgan fingerprint density at radius 2 is 1.74 bits per heavy atom. The number of allylic oxidation sites excluding steroid dienone is 2. The number of ketones is 1. The molecular weight excluding hydrogens is 336 g/mol. The number of benzene rings is 3. The maximum absolute atomic E-state index is 11.7. The molecule has 0 saturated heterocycles. The van der Waals surface area contributed by atoms with Crippen LogP contribution in [0.3, 0.4) is 0 Å². The van der Waals surface area contributed by atoms with E-state index in [-0.39, 0.29) is 5.78 Å². The van der Waals surface area contributed by atoms with E-state index in [1.807, 2.05) is 61.5 Å². The predicted octanol–water partition coefficient (Wildman–Crippen LogP) is 4.99. The first kappa shape index (κ1) is 17.3. The van der Waals surface area contributed by atoms with Crippen LogP contribution in [0.25, 0.3) is 10.8 Å². The van der Waals surface area contributed by atoms with Gasteiger partial charge in [-0.25, -0.2) is 0 Å². The van der Waals surface area contributed by atoms with Crippen molar-refractivity contribution in [3.8, 4) is 0 Å². The number of nitrogens with one attached hydrogen (secondary N) is 2. The van der Waals surface area contributed by atoms with Crippen LogP contribution in [0.5, 0.6) is 0 Å². The minimum absolute atomic E-state index is 0.200. The molecule has 4 heteroatoms. The van der Waals surface area contributed by atoms with Crippen LogP contribution in [0.1, 0.15) is 31.6 Å². The summed E-state index contributed by atoms with van der Waals surface area (Å²) in [5, 5.41) is 19.4. The molecule has 4 nitrogen and oxygen atoms in total. The summed E-state index contributed by atoms with van der Waals surface area (Å²) in [7, 11) is 0. The predicted molar refractivity (Wildman–Crippen MR) is 110 cm³/mol. The molecule has 3 N–H and O–H groups in total. The first-order valence-corrected chi connectivity index (χ1v) is 9.14. The van der Waals surface area contributed by atoms with Crippen LogP contribution in [0.15, 0.2) is 78.0 Å². The van der Waals surface area contributed by atoms with Gasteiger partial charge in [-0.05, 0) is 36.9 Å². The van der Waals surface area contributed by atoms with Crippen LogP contribution in [0, 0.1) is 0 Å². The molecule has 0 radical (unpaired) electrons. The largest absolute Gasteiger partial charge is 0.369 e. The first-order chi connectivity index (χ1) is 13.1. The van der Waals surface area contributed by atoms with Gasteiger partial charge in [0.1, 0.15) is 0 Å². The molecule has 0 fully saturated rings. The van der Waals surface area contributed by atoms with Crippen LogP contribution < -0.4 is 10.6 Å². The van der Waals surface area contributed by atoms with Crippen LogP contribution in [-0.2, 0) is 4.79 Å². The summed E-state index contributed by atoms with van der Waals surface area (Å²) in [6.07, 6.45) is 0.475. The number of hydrogen-bond donors (Lipinski definition) is 3. The Morgan fingerprint density at radius 1 is 0.963 bits per heavy atom. The smallest absolute Gasteiger partial charge is 0.160 e. The highest BCUT2D eigenvalue weighted by atomic mass is 16.3. The Bertz CT molecular complexity index is 1030.